The third kappa shape index (κ3) is 5.91. The molecular formula is C17H26O2. The fourth-order valence-corrected chi connectivity index (χ4v) is 2.09. The molecule has 0 radical (unpaired) electrons. The van der Waals surface area contributed by atoms with Gasteiger partial charge < -0.3 is 5.11 Å². The van der Waals surface area contributed by atoms with Crippen molar-refractivity contribution in [2.75, 3.05) is 0 Å². The van der Waals surface area contributed by atoms with E-state index in [0.29, 0.717) is 17.4 Å². The average molecular weight is 262 g/mol. The zero-order valence-electron chi connectivity index (χ0n) is 12.6. The van der Waals surface area contributed by atoms with Crippen LogP contribution in [0.4, 0.5) is 0 Å². The Kier molecular flexibility index (Phi) is 6.07. The monoisotopic (exact) mass is 262 g/mol. The molecule has 2 heteroatoms. The largest absolute Gasteiger partial charge is 0.478 e. The van der Waals surface area contributed by atoms with E-state index >= 15 is 0 Å². The SMILES string of the molecule is CC(C)CCc1cc(CCC(C)C)cc(C(=O)O)c1. The summed E-state index contributed by atoms with van der Waals surface area (Å²) < 4.78 is 0. The van der Waals surface area contributed by atoms with Crippen LogP contribution in [0, 0.1) is 11.8 Å². The second kappa shape index (κ2) is 7.32. The van der Waals surface area contributed by atoms with Gasteiger partial charge in [-0.2, -0.15) is 0 Å². The number of carboxylic acid groups (broad SMARTS) is 1. The van der Waals surface area contributed by atoms with Crippen molar-refractivity contribution >= 4 is 5.97 Å². The van der Waals surface area contributed by atoms with Crippen LogP contribution in [0.25, 0.3) is 0 Å². The first-order valence-electron chi connectivity index (χ1n) is 7.24. The Morgan fingerprint density at radius 3 is 1.68 bits per heavy atom. The minimum Gasteiger partial charge on any atom is -0.478 e. The molecule has 0 aliphatic rings. The molecule has 0 aliphatic heterocycles. The predicted octanol–water partition coefficient (Wildman–Crippen LogP) is 4.56. The van der Waals surface area contributed by atoms with Crippen molar-refractivity contribution in [3.63, 3.8) is 0 Å². The van der Waals surface area contributed by atoms with Gasteiger partial charge in [0.1, 0.15) is 0 Å². The number of hydrogen-bond acceptors (Lipinski definition) is 1. The summed E-state index contributed by atoms with van der Waals surface area (Å²) in [5, 5.41) is 9.19. The second-order valence-electron chi connectivity index (χ2n) is 6.21. The Morgan fingerprint density at radius 1 is 0.947 bits per heavy atom. The highest BCUT2D eigenvalue weighted by molar-refractivity contribution is 5.88. The molecule has 106 valence electrons. The Morgan fingerprint density at radius 2 is 1.37 bits per heavy atom. The lowest BCUT2D eigenvalue weighted by atomic mass is 9.95. The first-order chi connectivity index (χ1) is 8.88. The molecule has 1 aromatic rings. The van der Waals surface area contributed by atoms with Gasteiger partial charge in [0.15, 0.2) is 0 Å². The van der Waals surface area contributed by atoms with Crippen LogP contribution in [-0.2, 0) is 12.8 Å². The van der Waals surface area contributed by atoms with Crippen LogP contribution >= 0.6 is 0 Å². The van der Waals surface area contributed by atoms with Crippen LogP contribution < -0.4 is 0 Å². The summed E-state index contributed by atoms with van der Waals surface area (Å²) in [7, 11) is 0. The molecule has 0 heterocycles. The molecule has 1 rings (SSSR count). The fourth-order valence-electron chi connectivity index (χ4n) is 2.09. The van der Waals surface area contributed by atoms with E-state index in [1.54, 1.807) is 0 Å². The predicted molar refractivity (Wildman–Crippen MR) is 79.7 cm³/mol. The van der Waals surface area contributed by atoms with E-state index in [1.807, 2.05) is 12.1 Å². The molecule has 19 heavy (non-hydrogen) atoms. The lowest BCUT2D eigenvalue weighted by Crippen LogP contribution is -2.02. The van der Waals surface area contributed by atoms with Gasteiger partial charge >= 0.3 is 5.97 Å². The minimum atomic E-state index is -0.822. The van der Waals surface area contributed by atoms with Gasteiger partial charge in [-0.15, -0.1) is 0 Å². The highest BCUT2D eigenvalue weighted by Gasteiger charge is 2.08. The summed E-state index contributed by atoms with van der Waals surface area (Å²) in [4.78, 5) is 11.2. The molecule has 0 aliphatic carbocycles. The van der Waals surface area contributed by atoms with E-state index in [9.17, 15) is 9.90 Å². The number of aryl methyl sites for hydroxylation is 2. The molecule has 1 N–H and O–H groups in total. The number of aromatic carboxylic acids is 1. The fraction of sp³-hybridized carbons (Fsp3) is 0.588. The van der Waals surface area contributed by atoms with Crippen LogP contribution in [0.5, 0.6) is 0 Å². The smallest absolute Gasteiger partial charge is 0.335 e. The molecule has 0 fully saturated rings. The van der Waals surface area contributed by atoms with E-state index in [2.05, 4.69) is 33.8 Å². The number of hydrogen-bond donors (Lipinski definition) is 1. The zero-order chi connectivity index (χ0) is 14.4. The van der Waals surface area contributed by atoms with Gasteiger partial charge in [-0.25, -0.2) is 4.79 Å². The maximum Gasteiger partial charge on any atom is 0.335 e. The molecule has 0 bridgehead atoms. The van der Waals surface area contributed by atoms with E-state index in [0.717, 1.165) is 36.8 Å². The van der Waals surface area contributed by atoms with E-state index in [-0.39, 0.29) is 0 Å². The Hall–Kier alpha value is -1.31. The van der Waals surface area contributed by atoms with Gasteiger partial charge in [0.05, 0.1) is 5.56 Å². The standard InChI is InChI=1S/C17H26O2/c1-12(2)5-7-14-9-15(8-6-13(3)4)11-16(10-14)17(18)19/h9-13H,5-8H2,1-4H3,(H,18,19). The molecule has 2 nitrogen and oxygen atoms in total. The molecule has 1 aromatic carbocycles. The van der Waals surface area contributed by atoms with Crippen molar-refractivity contribution in [3.8, 4) is 0 Å². The van der Waals surface area contributed by atoms with Gasteiger partial charge in [0.25, 0.3) is 0 Å². The molecule has 0 saturated carbocycles. The Labute approximate surface area is 116 Å². The average Bonchev–Trinajstić information content (AvgIpc) is 2.33. The lowest BCUT2D eigenvalue weighted by Gasteiger charge is -2.10. The maximum atomic E-state index is 11.2. The van der Waals surface area contributed by atoms with Crippen molar-refractivity contribution < 1.29 is 9.90 Å². The van der Waals surface area contributed by atoms with Gasteiger partial charge in [0, 0.05) is 0 Å². The minimum absolute atomic E-state index is 0.431. The molecule has 0 saturated heterocycles. The highest BCUT2D eigenvalue weighted by atomic mass is 16.4. The summed E-state index contributed by atoms with van der Waals surface area (Å²) in [5.74, 6) is 0.470. The van der Waals surface area contributed by atoms with Gasteiger partial charge in [-0.1, -0.05) is 33.8 Å². The number of carboxylic acids is 1. The van der Waals surface area contributed by atoms with Crippen LogP contribution in [-0.4, -0.2) is 11.1 Å². The highest BCUT2D eigenvalue weighted by Crippen LogP contribution is 2.17. The molecule has 0 spiro atoms. The quantitative estimate of drug-likeness (QED) is 0.782. The molecule has 0 amide bonds. The number of benzene rings is 1. The summed E-state index contributed by atoms with van der Waals surface area (Å²) in [6.07, 6.45) is 4.14. The summed E-state index contributed by atoms with van der Waals surface area (Å²) in [6, 6.07) is 5.82. The van der Waals surface area contributed by atoms with Crippen molar-refractivity contribution in [2.45, 2.75) is 53.4 Å². The maximum absolute atomic E-state index is 11.2. The zero-order valence-corrected chi connectivity index (χ0v) is 12.6. The van der Waals surface area contributed by atoms with Gasteiger partial charge in [-0.05, 0) is 60.8 Å². The molecule has 0 unspecified atom stereocenters. The van der Waals surface area contributed by atoms with E-state index < -0.39 is 5.97 Å². The summed E-state index contributed by atoms with van der Waals surface area (Å²) in [6.45, 7) is 8.78. The third-order valence-corrected chi connectivity index (χ3v) is 3.32. The van der Waals surface area contributed by atoms with Crippen LogP contribution in [0.2, 0.25) is 0 Å². The van der Waals surface area contributed by atoms with Crippen LogP contribution in [0.3, 0.4) is 0 Å². The first kappa shape index (κ1) is 15.7. The van der Waals surface area contributed by atoms with Crippen molar-refractivity contribution in [2.24, 2.45) is 11.8 Å². The number of rotatable bonds is 7. The van der Waals surface area contributed by atoms with Crippen LogP contribution in [0.1, 0.15) is 62.0 Å². The van der Waals surface area contributed by atoms with Gasteiger partial charge in [0.2, 0.25) is 0 Å². The third-order valence-electron chi connectivity index (χ3n) is 3.32. The summed E-state index contributed by atoms with van der Waals surface area (Å²) >= 11 is 0. The first-order valence-corrected chi connectivity index (χ1v) is 7.24. The van der Waals surface area contributed by atoms with Crippen molar-refractivity contribution in [1.29, 1.82) is 0 Å². The summed E-state index contributed by atoms with van der Waals surface area (Å²) in [5.41, 5.74) is 2.75. The molecule has 0 atom stereocenters. The molecule has 0 aromatic heterocycles. The van der Waals surface area contributed by atoms with Crippen molar-refractivity contribution in [1.82, 2.24) is 0 Å². The lowest BCUT2D eigenvalue weighted by molar-refractivity contribution is 0.0696. The molecular weight excluding hydrogens is 236 g/mol. The Balaban J connectivity index is 2.87. The Bertz CT molecular complexity index is 389. The normalized spacial score (nSPS) is 11.3. The van der Waals surface area contributed by atoms with Gasteiger partial charge in [-0.3, -0.25) is 0 Å². The van der Waals surface area contributed by atoms with E-state index in [4.69, 9.17) is 0 Å². The topological polar surface area (TPSA) is 37.3 Å². The number of carbonyl (C=O) groups is 1. The van der Waals surface area contributed by atoms with Crippen molar-refractivity contribution in [3.05, 3.63) is 34.9 Å². The second-order valence-corrected chi connectivity index (χ2v) is 6.21. The van der Waals surface area contributed by atoms with Crippen LogP contribution in [0.15, 0.2) is 18.2 Å². The van der Waals surface area contributed by atoms with E-state index in [1.165, 1.54) is 0 Å².